The standard InChI is InChI=1S/C17H20ClIN2/c1-3-8-21-17(12(2)13-6-9-20-10-7-13)14-4-5-16(19)15(18)11-14/h4-7,9-12,17,21H,3,8H2,1-2H3. The molecule has 2 atom stereocenters. The molecule has 0 saturated carbocycles. The average molecular weight is 415 g/mol. The molecule has 1 N–H and O–H groups in total. The summed E-state index contributed by atoms with van der Waals surface area (Å²) in [6.07, 6.45) is 4.81. The van der Waals surface area contributed by atoms with Gasteiger partial charge in [-0.3, -0.25) is 4.98 Å². The number of pyridine rings is 1. The van der Waals surface area contributed by atoms with E-state index in [4.69, 9.17) is 11.6 Å². The quantitative estimate of drug-likeness (QED) is 0.659. The van der Waals surface area contributed by atoms with Crippen LogP contribution >= 0.6 is 34.2 Å². The number of halogens is 2. The predicted octanol–water partition coefficient (Wildman–Crippen LogP) is 5.18. The third-order valence-corrected chi connectivity index (χ3v) is 5.22. The van der Waals surface area contributed by atoms with Gasteiger partial charge in [-0.1, -0.05) is 31.5 Å². The zero-order valence-corrected chi connectivity index (χ0v) is 15.2. The van der Waals surface area contributed by atoms with E-state index in [0.717, 1.165) is 21.6 Å². The zero-order chi connectivity index (χ0) is 15.2. The summed E-state index contributed by atoms with van der Waals surface area (Å²) in [7, 11) is 0. The van der Waals surface area contributed by atoms with E-state index in [9.17, 15) is 0 Å². The monoisotopic (exact) mass is 414 g/mol. The summed E-state index contributed by atoms with van der Waals surface area (Å²) < 4.78 is 1.09. The molecular formula is C17H20ClIN2. The minimum absolute atomic E-state index is 0.252. The van der Waals surface area contributed by atoms with E-state index < -0.39 is 0 Å². The van der Waals surface area contributed by atoms with Gasteiger partial charge in [-0.2, -0.15) is 0 Å². The second kappa shape index (κ2) is 8.11. The summed E-state index contributed by atoms with van der Waals surface area (Å²) in [4.78, 5) is 4.11. The summed E-state index contributed by atoms with van der Waals surface area (Å²) in [5, 5.41) is 4.47. The summed E-state index contributed by atoms with van der Waals surface area (Å²) in [5.41, 5.74) is 2.52. The highest BCUT2D eigenvalue weighted by atomic mass is 127. The first-order chi connectivity index (χ1) is 10.1. The van der Waals surface area contributed by atoms with Gasteiger partial charge in [0.25, 0.3) is 0 Å². The summed E-state index contributed by atoms with van der Waals surface area (Å²) in [5.74, 6) is 0.357. The smallest absolute Gasteiger partial charge is 0.0542 e. The van der Waals surface area contributed by atoms with E-state index in [1.807, 2.05) is 12.4 Å². The number of benzene rings is 1. The van der Waals surface area contributed by atoms with Crippen molar-refractivity contribution >= 4 is 34.2 Å². The molecule has 0 radical (unpaired) electrons. The number of nitrogens with zero attached hydrogens (tertiary/aromatic N) is 1. The molecule has 2 aromatic rings. The second-order valence-corrected chi connectivity index (χ2v) is 6.74. The molecule has 2 nitrogen and oxygen atoms in total. The predicted molar refractivity (Wildman–Crippen MR) is 97.9 cm³/mol. The van der Waals surface area contributed by atoms with Gasteiger partial charge in [0.15, 0.2) is 0 Å². The van der Waals surface area contributed by atoms with Crippen molar-refractivity contribution < 1.29 is 0 Å². The summed E-state index contributed by atoms with van der Waals surface area (Å²) in [6.45, 7) is 5.42. The highest BCUT2D eigenvalue weighted by Gasteiger charge is 2.20. The molecule has 1 aromatic carbocycles. The third-order valence-electron chi connectivity index (χ3n) is 3.65. The Balaban J connectivity index is 2.31. The average Bonchev–Trinajstić information content (AvgIpc) is 2.51. The lowest BCUT2D eigenvalue weighted by molar-refractivity contribution is 0.466. The molecule has 0 aliphatic rings. The molecule has 2 unspecified atom stereocenters. The van der Waals surface area contributed by atoms with Gasteiger partial charge >= 0.3 is 0 Å². The first-order valence-electron chi connectivity index (χ1n) is 7.21. The highest BCUT2D eigenvalue weighted by molar-refractivity contribution is 14.1. The number of hydrogen-bond acceptors (Lipinski definition) is 2. The Hall–Kier alpha value is -0.650. The Morgan fingerprint density at radius 2 is 1.90 bits per heavy atom. The second-order valence-electron chi connectivity index (χ2n) is 5.17. The van der Waals surface area contributed by atoms with Gasteiger partial charge in [-0.05, 0) is 70.9 Å². The minimum atomic E-state index is 0.252. The molecular weight excluding hydrogens is 395 g/mol. The van der Waals surface area contributed by atoms with Crippen LogP contribution < -0.4 is 5.32 Å². The molecule has 112 valence electrons. The maximum atomic E-state index is 6.30. The van der Waals surface area contributed by atoms with E-state index in [1.54, 1.807) is 0 Å². The topological polar surface area (TPSA) is 24.9 Å². The van der Waals surface area contributed by atoms with E-state index >= 15 is 0 Å². The third kappa shape index (κ3) is 4.41. The van der Waals surface area contributed by atoms with Crippen LogP contribution in [0.15, 0.2) is 42.7 Å². The Morgan fingerprint density at radius 1 is 1.19 bits per heavy atom. The maximum Gasteiger partial charge on any atom is 0.0542 e. The van der Waals surface area contributed by atoms with Crippen LogP contribution in [0.25, 0.3) is 0 Å². The van der Waals surface area contributed by atoms with Crippen molar-refractivity contribution in [3.05, 3.63) is 62.4 Å². The number of aromatic nitrogens is 1. The van der Waals surface area contributed by atoms with E-state index in [1.165, 1.54) is 11.1 Å². The van der Waals surface area contributed by atoms with Gasteiger partial charge in [0.05, 0.1) is 5.02 Å². The number of nitrogens with one attached hydrogen (secondary N) is 1. The van der Waals surface area contributed by atoms with Crippen LogP contribution in [0.5, 0.6) is 0 Å². The van der Waals surface area contributed by atoms with Crippen LogP contribution in [-0.4, -0.2) is 11.5 Å². The van der Waals surface area contributed by atoms with Crippen LogP contribution in [0.4, 0.5) is 0 Å². The van der Waals surface area contributed by atoms with Crippen molar-refractivity contribution in [2.24, 2.45) is 0 Å². The summed E-state index contributed by atoms with van der Waals surface area (Å²) >= 11 is 8.56. The van der Waals surface area contributed by atoms with Gasteiger partial charge in [-0.15, -0.1) is 0 Å². The summed E-state index contributed by atoms with van der Waals surface area (Å²) in [6, 6.07) is 10.7. The maximum absolute atomic E-state index is 6.30. The largest absolute Gasteiger partial charge is 0.309 e. The molecule has 0 aliphatic heterocycles. The van der Waals surface area contributed by atoms with E-state index in [2.05, 4.69) is 77.1 Å². The molecule has 0 spiro atoms. The normalized spacial score (nSPS) is 13.9. The fourth-order valence-corrected chi connectivity index (χ4v) is 2.97. The fourth-order valence-electron chi connectivity index (χ4n) is 2.45. The number of rotatable bonds is 6. The Kier molecular flexibility index (Phi) is 6.45. The Labute approximate surface area is 145 Å². The van der Waals surface area contributed by atoms with Crippen molar-refractivity contribution in [3.8, 4) is 0 Å². The van der Waals surface area contributed by atoms with E-state index in [0.29, 0.717) is 5.92 Å². The molecule has 4 heteroatoms. The fraction of sp³-hybridized carbons (Fsp3) is 0.353. The van der Waals surface area contributed by atoms with E-state index in [-0.39, 0.29) is 6.04 Å². The Morgan fingerprint density at radius 3 is 2.52 bits per heavy atom. The Bertz CT molecular complexity index is 574. The lowest BCUT2D eigenvalue weighted by Crippen LogP contribution is -2.26. The molecule has 1 aromatic heterocycles. The molecule has 0 amide bonds. The van der Waals surface area contributed by atoms with Gasteiger partial charge in [-0.25, -0.2) is 0 Å². The van der Waals surface area contributed by atoms with Crippen LogP contribution in [0.2, 0.25) is 5.02 Å². The molecule has 0 saturated heterocycles. The van der Waals surface area contributed by atoms with Gasteiger partial charge < -0.3 is 5.32 Å². The lowest BCUT2D eigenvalue weighted by atomic mass is 9.89. The van der Waals surface area contributed by atoms with Crippen LogP contribution in [-0.2, 0) is 0 Å². The molecule has 2 rings (SSSR count). The van der Waals surface area contributed by atoms with Gasteiger partial charge in [0.2, 0.25) is 0 Å². The van der Waals surface area contributed by atoms with Crippen molar-refractivity contribution in [1.29, 1.82) is 0 Å². The molecule has 0 fully saturated rings. The lowest BCUT2D eigenvalue weighted by Gasteiger charge is -2.26. The van der Waals surface area contributed by atoms with Gasteiger partial charge in [0, 0.05) is 27.9 Å². The van der Waals surface area contributed by atoms with Crippen molar-refractivity contribution in [1.82, 2.24) is 10.3 Å². The first kappa shape index (κ1) is 16.7. The SMILES string of the molecule is CCCNC(c1ccc(I)c(Cl)c1)C(C)c1ccncc1. The molecule has 0 aliphatic carbocycles. The van der Waals surface area contributed by atoms with Crippen LogP contribution in [0.3, 0.4) is 0 Å². The molecule has 0 bridgehead atoms. The minimum Gasteiger partial charge on any atom is -0.309 e. The van der Waals surface area contributed by atoms with Crippen molar-refractivity contribution in [2.75, 3.05) is 6.54 Å². The number of hydrogen-bond donors (Lipinski definition) is 1. The zero-order valence-electron chi connectivity index (χ0n) is 12.3. The van der Waals surface area contributed by atoms with Crippen LogP contribution in [0.1, 0.15) is 43.4 Å². The van der Waals surface area contributed by atoms with Gasteiger partial charge in [0.1, 0.15) is 0 Å². The molecule has 1 heterocycles. The van der Waals surface area contributed by atoms with Crippen LogP contribution in [0, 0.1) is 3.57 Å². The highest BCUT2D eigenvalue weighted by Crippen LogP contribution is 2.32. The molecule has 21 heavy (non-hydrogen) atoms. The first-order valence-corrected chi connectivity index (χ1v) is 8.67. The van der Waals surface area contributed by atoms with Crippen molar-refractivity contribution in [2.45, 2.75) is 32.2 Å². The van der Waals surface area contributed by atoms with Crippen molar-refractivity contribution in [3.63, 3.8) is 0 Å².